The fourth-order valence-corrected chi connectivity index (χ4v) is 4.78. The molecule has 146 valence electrons. The molecule has 0 N–H and O–H groups in total. The highest BCUT2D eigenvalue weighted by molar-refractivity contribution is 7.99. The first-order chi connectivity index (χ1) is 12.8. The van der Waals surface area contributed by atoms with E-state index in [0.29, 0.717) is 11.0 Å². The zero-order chi connectivity index (χ0) is 18.8. The van der Waals surface area contributed by atoms with Gasteiger partial charge >= 0.3 is 0 Å². The molecule has 5 rings (SSSR count). The maximum absolute atomic E-state index is 6.21. The number of para-hydroxylation sites is 2. The molecule has 27 heavy (non-hydrogen) atoms. The maximum atomic E-state index is 6.21. The van der Waals surface area contributed by atoms with Gasteiger partial charge in [0.05, 0.1) is 6.10 Å². The van der Waals surface area contributed by atoms with E-state index < -0.39 is 17.9 Å². The molecule has 0 radical (unpaired) electrons. The molecule has 8 heteroatoms. The van der Waals surface area contributed by atoms with Gasteiger partial charge in [0, 0.05) is 5.75 Å². The van der Waals surface area contributed by atoms with E-state index in [-0.39, 0.29) is 24.4 Å². The summed E-state index contributed by atoms with van der Waals surface area (Å²) in [7, 11) is 0. The number of oxazole rings is 1. The van der Waals surface area contributed by atoms with E-state index in [1.165, 1.54) is 11.8 Å². The zero-order valence-corrected chi connectivity index (χ0v) is 16.5. The van der Waals surface area contributed by atoms with Crippen molar-refractivity contribution in [2.24, 2.45) is 0 Å². The lowest BCUT2D eigenvalue weighted by Crippen LogP contribution is -2.55. The van der Waals surface area contributed by atoms with Gasteiger partial charge in [-0.05, 0) is 39.8 Å². The number of hydrogen-bond donors (Lipinski definition) is 0. The van der Waals surface area contributed by atoms with Crippen molar-refractivity contribution in [3.63, 3.8) is 0 Å². The van der Waals surface area contributed by atoms with Gasteiger partial charge in [-0.3, -0.25) is 0 Å². The number of fused-ring (bicyclic) bond motifs is 4. The van der Waals surface area contributed by atoms with E-state index in [9.17, 15) is 0 Å². The van der Waals surface area contributed by atoms with Gasteiger partial charge in [-0.1, -0.05) is 23.9 Å². The fraction of sp³-hybridized carbons (Fsp3) is 0.632. The van der Waals surface area contributed by atoms with Gasteiger partial charge in [0.25, 0.3) is 5.22 Å². The lowest BCUT2D eigenvalue weighted by atomic mass is 10.00. The summed E-state index contributed by atoms with van der Waals surface area (Å²) in [6, 6.07) is 7.72. The second kappa shape index (κ2) is 6.17. The topological polar surface area (TPSA) is 72.2 Å². The third kappa shape index (κ3) is 3.28. The number of hydrogen-bond acceptors (Lipinski definition) is 8. The molecule has 7 nitrogen and oxygen atoms in total. The molecule has 3 fully saturated rings. The molecule has 3 aliphatic heterocycles. The van der Waals surface area contributed by atoms with Gasteiger partial charge in [-0.2, -0.15) is 0 Å². The molecule has 4 heterocycles. The van der Waals surface area contributed by atoms with Gasteiger partial charge in [0.2, 0.25) is 0 Å². The van der Waals surface area contributed by atoms with Crippen LogP contribution < -0.4 is 0 Å². The largest absolute Gasteiger partial charge is 0.431 e. The zero-order valence-electron chi connectivity index (χ0n) is 15.7. The summed E-state index contributed by atoms with van der Waals surface area (Å²) < 4.78 is 36.2. The van der Waals surface area contributed by atoms with Crippen molar-refractivity contribution in [2.75, 3.05) is 5.75 Å². The van der Waals surface area contributed by atoms with Crippen molar-refractivity contribution in [3.8, 4) is 0 Å². The molecule has 0 amide bonds. The standard InChI is InChI=1S/C19H23NO6S/c1-18(2)23-13-12(9-27-17-20-10-7-5-6-8-11(10)22-17)21-16-15(14(13)24-18)25-19(3,4)26-16/h5-8,12-16H,9H2,1-4H3/t12-,13-,14-,15+,16+/m0/s1. The van der Waals surface area contributed by atoms with Crippen LogP contribution in [0.1, 0.15) is 27.7 Å². The molecule has 0 spiro atoms. The highest BCUT2D eigenvalue weighted by atomic mass is 32.2. The number of ether oxygens (including phenoxy) is 5. The maximum Gasteiger partial charge on any atom is 0.256 e. The Morgan fingerprint density at radius 3 is 2.44 bits per heavy atom. The minimum absolute atomic E-state index is 0.226. The van der Waals surface area contributed by atoms with Gasteiger partial charge in [0.1, 0.15) is 23.8 Å². The second-order valence-electron chi connectivity index (χ2n) is 7.97. The van der Waals surface area contributed by atoms with Crippen molar-refractivity contribution in [1.82, 2.24) is 4.98 Å². The van der Waals surface area contributed by atoms with Crippen LogP contribution in [0.25, 0.3) is 11.1 Å². The molecule has 0 unspecified atom stereocenters. The molecule has 0 aliphatic carbocycles. The Hall–Kier alpha value is -1.16. The summed E-state index contributed by atoms with van der Waals surface area (Å²) in [5, 5.41) is 0.612. The Kier molecular flexibility index (Phi) is 4.09. The average molecular weight is 393 g/mol. The minimum Gasteiger partial charge on any atom is -0.431 e. The van der Waals surface area contributed by atoms with E-state index in [4.69, 9.17) is 28.1 Å². The number of nitrogens with zero attached hydrogens (tertiary/aromatic N) is 1. The second-order valence-corrected chi connectivity index (χ2v) is 8.94. The van der Waals surface area contributed by atoms with Crippen LogP contribution in [0.5, 0.6) is 0 Å². The van der Waals surface area contributed by atoms with Crippen LogP contribution in [0.3, 0.4) is 0 Å². The highest BCUT2D eigenvalue weighted by Crippen LogP contribution is 2.45. The lowest BCUT2D eigenvalue weighted by molar-refractivity contribution is -0.228. The molecule has 1 aromatic carbocycles. The summed E-state index contributed by atoms with van der Waals surface area (Å²) in [5.74, 6) is -0.789. The lowest BCUT2D eigenvalue weighted by Gasteiger charge is -2.37. The predicted octanol–water partition coefficient (Wildman–Crippen LogP) is 3.32. The summed E-state index contributed by atoms with van der Waals surface area (Å²) in [4.78, 5) is 4.51. The number of benzene rings is 1. The first-order valence-electron chi connectivity index (χ1n) is 9.15. The van der Waals surface area contributed by atoms with Crippen molar-refractivity contribution in [2.45, 2.75) is 75.2 Å². The van der Waals surface area contributed by atoms with Crippen LogP contribution in [0.2, 0.25) is 0 Å². The third-order valence-corrected chi connectivity index (χ3v) is 5.81. The van der Waals surface area contributed by atoms with Gasteiger partial charge < -0.3 is 28.1 Å². The van der Waals surface area contributed by atoms with E-state index >= 15 is 0 Å². The van der Waals surface area contributed by atoms with Crippen LogP contribution in [-0.4, -0.2) is 53.0 Å². The molecule has 3 aliphatic rings. The summed E-state index contributed by atoms with van der Waals surface area (Å²) in [6.07, 6.45) is -1.49. The van der Waals surface area contributed by atoms with Gasteiger partial charge in [-0.15, -0.1) is 0 Å². The normalized spacial score (nSPS) is 36.7. The number of thioether (sulfide) groups is 1. The summed E-state index contributed by atoms with van der Waals surface area (Å²) >= 11 is 1.50. The van der Waals surface area contributed by atoms with E-state index in [2.05, 4.69) is 4.98 Å². The van der Waals surface area contributed by atoms with E-state index in [0.717, 1.165) is 11.1 Å². The molecule has 3 saturated heterocycles. The molecule has 5 atom stereocenters. The molecule has 1 aromatic heterocycles. The first kappa shape index (κ1) is 17.9. The molecule has 0 bridgehead atoms. The van der Waals surface area contributed by atoms with Crippen molar-refractivity contribution in [1.29, 1.82) is 0 Å². The van der Waals surface area contributed by atoms with Crippen LogP contribution >= 0.6 is 11.8 Å². The predicted molar refractivity (Wildman–Crippen MR) is 97.3 cm³/mol. The van der Waals surface area contributed by atoms with Crippen LogP contribution in [0.4, 0.5) is 0 Å². The Morgan fingerprint density at radius 1 is 0.926 bits per heavy atom. The SMILES string of the molecule is CC1(C)O[C@H]2[C@@H](O1)[C@H](CSc1nc3ccccc3o1)O[C@@H]1OC(C)(C)O[C@@H]12. The van der Waals surface area contributed by atoms with E-state index in [1.807, 2.05) is 52.0 Å². The third-order valence-electron chi connectivity index (χ3n) is 4.90. The molecular formula is C19H23NO6S. The quantitative estimate of drug-likeness (QED) is 0.736. The smallest absolute Gasteiger partial charge is 0.256 e. The fourth-order valence-electron chi connectivity index (χ4n) is 3.89. The number of rotatable bonds is 3. The van der Waals surface area contributed by atoms with Crippen LogP contribution in [0, 0.1) is 0 Å². The average Bonchev–Trinajstić information content (AvgIpc) is 3.23. The Balaban J connectivity index is 1.35. The monoisotopic (exact) mass is 393 g/mol. The van der Waals surface area contributed by atoms with Gasteiger partial charge in [-0.25, -0.2) is 4.98 Å². The molecule has 2 aromatic rings. The van der Waals surface area contributed by atoms with Crippen molar-refractivity contribution >= 4 is 22.9 Å². The minimum atomic E-state index is -0.710. The Bertz CT molecular complexity index is 819. The Morgan fingerprint density at radius 2 is 1.63 bits per heavy atom. The van der Waals surface area contributed by atoms with Crippen LogP contribution in [0.15, 0.2) is 33.9 Å². The summed E-state index contributed by atoms with van der Waals surface area (Å²) in [5.41, 5.74) is 1.62. The summed E-state index contributed by atoms with van der Waals surface area (Å²) in [6.45, 7) is 7.58. The van der Waals surface area contributed by atoms with Crippen LogP contribution in [-0.2, 0) is 23.7 Å². The number of aromatic nitrogens is 1. The van der Waals surface area contributed by atoms with Crippen molar-refractivity contribution < 1.29 is 28.1 Å². The van der Waals surface area contributed by atoms with E-state index in [1.54, 1.807) is 0 Å². The first-order valence-corrected chi connectivity index (χ1v) is 10.1. The van der Waals surface area contributed by atoms with Crippen molar-refractivity contribution in [3.05, 3.63) is 24.3 Å². The Labute approximate surface area is 161 Å². The molecular weight excluding hydrogens is 370 g/mol. The molecule has 0 saturated carbocycles. The van der Waals surface area contributed by atoms with Gasteiger partial charge in [0.15, 0.2) is 23.4 Å². The highest BCUT2D eigenvalue weighted by Gasteiger charge is 2.60.